The molecule has 0 saturated heterocycles. The van der Waals surface area contributed by atoms with Gasteiger partial charge in [0.05, 0.1) is 0 Å². The molecule has 2 unspecified atom stereocenters. The average molecular weight is 411 g/mol. The highest BCUT2D eigenvalue weighted by atomic mass is 35.5. The second-order valence-electron chi connectivity index (χ2n) is 9.28. The summed E-state index contributed by atoms with van der Waals surface area (Å²) in [6.45, 7) is 0. The summed E-state index contributed by atoms with van der Waals surface area (Å²) < 4.78 is 0. The van der Waals surface area contributed by atoms with Crippen molar-refractivity contribution in [1.29, 1.82) is 0 Å². The molecule has 0 aromatic heterocycles. The quantitative estimate of drug-likeness (QED) is 0.490. The van der Waals surface area contributed by atoms with E-state index >= 15 is 0 Å². The first-order valence-electron chi connectivity index (χ1n) is 10.2. The molecular weight excluding hydrogens is 387 g/mol. The van der Waals surface area contributed by atoms with Crippen molar-refractivity contribution in [2.24, 2.45) is 17.3 Å². The van der Waals surface area contributed by atoms with Gasteiger partial charge in [0, 0.05) is 15.5 Å². The predicted octanol–water partition coefficient (Wildman–Crippen LogP) is 7.11. The zero-order valence-electron chi connectivity index (χ0n) is 15.8. The molecular formula is C25H24Cl2O. The van der Waals surface area contributed by atoms with Crippen LogP contribution in [0.2, 0.25) is 10.0 Å². The van der Waals surface area contributed by atoms with E-state index in [0.29, 0.717) is 17.6 Å². The maximum absolute atomic E-state index is 13.4. The Morgan fingerprint density at radius 2 is 1.43 bits per heavy atom. The van der Waals surface area contributed by atoms with Gasteiger partial charge in [-0.15, -0.1) is 0 Å². The fourth-order valence-corrected chi connectivity index (χ4v) is 6.87. The highest BCUT2D eigenvalue weighted by molar-refractivity contribution is 6.30. The predicted molar refractivity (Wildman–Crippen MR) is 116 cm³/mol. The minimum absolute atomic E-state index is 0.151. The number of carbonyl (C=O) groups excluding carboxylic acids is 1. The lowest BCUT2D eigenvalue weighted by atomic mass is 9.42. The van der Waals surface area contributed by atoms with Crippen LogP contribution in [-0.2, 0) is 10.2 Å². The maximum Gasteiger partial charge on any atom is 0.161 e. The molecule has 3 heteroatoms. The fraction of sp³-hybridized carbons (Fsp3) is 0.400. The number of rotatable bonds is 4. The maximum atomic E-state index is 13.4. The third kappa shape index (κ3) is 3.13. The monoisotopic (exact) mass is 410 g/mol. The van der Waals surface area contributed by atoms with E-state index in [1.807, 2.05) is 48.6 Å². The molecule has 0 aliphatic heterocycles. The van der Waals surface area contributed by atoms with E-state index in [4.69, 9.17) is 23.2 Å². The van der Waals surface area contributed by atoms with Crippen molar-refractivity contribution >= 4 is 35.1 Å². The summed E-state index contributed by atoms with van der Waals surface area (Å²) in [6, 6.07) is 16.0. The lowest BCUT2D eigenvalue weighted by Gasteiger charge is -2.61. The van der Waals surface area contributed by atoms with Crippen LogP contribution in [0.1, 0.15) is 49.7 Å². The molecule has 2 aromatic rings. The second-order valence-corrected chi connectivity index (χ2v) is 10.2. The topological polar surface area (TPSA) is 17.1 Å². The van der Waals surface area contributed by atoms with Gasteiger partial charge in [0.25, 0.3) is 0 Å². The first-order chi connectivity index (χ1) is 13.5. The molecule has 144 valence electrons. The summed E-state index contributed by atoms with van der Waals surface area (Å²) in [7, 11) is 0. The molecule has 0 heterocycles. The zero-order chi connectivity index (χ0) is 19.4. The van der Waals surface area contributed by atoms with E-state index in [0.717, 1.165) is 34.9 Å². The molecule has 0 radical (unpaired) electrons. The van der Waals surface area contributed by atoms with Gasteiger partial charge in [-0.05, 0) is 97.2 Å². The van der Waals surface area contributed by atoms with Crippen molar-refractivity contribution in [3.8, 4) is 0 Å². The molecule has 4 fully saturated rings. The Hall–Kier alpha value is -1.57. The van der Waals surface area contributed by atoms with Crippen LogP contribution < -0.4 is 0 Å². The van der Waals surface area contributed by atoms with Crippen molar-refractivity contribution in [3.05, 3.63) is 75.8 Å². The van der Waals surface area contributed by atoms with Gasteiger partial charge >= 0.3 is 0 Å². The van der Waals surface area contributed by atoms with Gasteiger partial charge in [-0.25, -0.2) is 0 Å². The van der Waals surface area contributed by atoms with Crippen LogP contribution in [0.15, 0.2) is 54.6 Å². The molecule has 0 N–H and O–H groups in total. The number of halogens is 2. The van der Waals surface area contributed by atoms with Crippen molar-refractivity contribution in [1.82, 2.24) is 0 Å². The zero-order valence-corrected chi connectivity index (χ0v) is 17.3. The number of benzene rings is 2. The number of ketones is 1. The van der Waals surface area contributed by atoms with Crippen LogP contribution in [0.4, 0.5) is 0 Å². The summed E-state index contributed by atoms with van der Waals surface area (Å²) in [5, 5.41) is 1.50. The Balaban J connectivity index is 1.45. The van der Waals surface area contributed by atoms with Gasteiger partial charge < -0.3 is 0 Å². The van der Waals surface area contributed by atoms with Crippen molar-refractivity contribution < 1.29 is 4.79 Å². The molecule has 4 aliphatic rings. The Kier molecular flexibility index (Phi) is 4.45. The Labute approximate surface area is 176 Å². The van der Waals surface area contributed by atoms with E-state index < -0.39 is 0 Å². The first-order valence-corrected chi connectivity index (χ1v) is 11.0. The highest BCUT2D eigenvalue weighted by Crippen LogP contribution is 2.66. The lowest BCUT2D eigenvalue weighted by Crippen LogP contribution is -2.56. The average Bonchev–Trinajstić information content (AvgIpc) is 2.66. The fourth-order valence-electron chi connectivity index (χ4n) is 6.61. The van der Waals surface area contributed by atoms with Crippen LogP contribution >= 0.6 is 23.2 Å². The summed E-state index contributed by atoms with van der Waals surface area (Å²) in [5.74, 6) is 1.66. The summed E-state index contributed by atoms with van der Waals surface area (Å²) in [5.41, 5.74) is 2.37. The largest absolute Gasteiger partial charge is 0.294 e. The first kappa shape index (κ1) is 18.5. The third-order valence-electron chi connectivity index (χ3n) is 7.34. The van der Waals surface area contributed by atoms with Crippen molar-refractivity contribution in [2.75, 3.05) is 0 Å². The van der Waals surface area contributed by atoms with Crippen LogP contribution in [-0.4, -0.2) is 5.78 Å². The standard InChI is InChI=1S/C25H24Cl2O/c26-21-6-1-17(2-7-21)3-10-23(28)25-14-18-11-19(15-25)13-24(12-18,16-25)20-4-8-22(27)9-5-20/h1-10,18-19H,11-16H2. The molecule has 28 heavy (non-hydrogen) atoms. The summed E-state index contributed by atoms with van der Waals surface area (Å²) >= 11 is 12.1. The van der Waals surface area contributed by atoms with E-state index in [1.54, 1.807) is 0 Å². The summed E-state index contributed by atoms with van der Waals surface area (Å²) in [6.07, 6.45) is 10.6. The van der Waals surface area contributed by atoms with Crippen molar-refractivity contribution in [3.63, 3.8) is 0 Å². The van der Waals surface area contributed by atoms with E-state index in [1.165, 1.54) is 24.8 Å². The smallest absolute Gasteiger partial charge is 0.161 e. The molecule has 6 rings (SSSR count). The Morgan fingerprint density at radius 1 is 0.857 bits per heavy atom. The number of carbonyl (C=O) groups is 1. The van der Waals surface area contributed by atoms with Crippen molar-refractivity contribution in [2.45, 2.75) is 43.9 Å². The van der Waals surface area contributed by atoms with Gasteiger partial charge in [0.15, 0.2) is 5.78 Å². The third-order valence-corrected chi connectivity index (χ3v) is 7.84. The van der Waals surface area contributed by atoms with Gasteiger partial charge in [-0.2, -0.15) is 0 Å². The molecule has 1 nitrogen and oxygen atoms in total. The number of allylic oxidation sites excluding steroid dienone is 1. The van der Waals surface area contributed by atoms with Gasteiger partial charge in [0.1, 0.15) is 0 Å². The molecule has 2 aromatic carbocycles. The minimum Gasteiger partial charge on any atom is -0.294 e. The molecule has 0 spiro atoms. The second kappa shape index (κ2) is 6.75. The van der Waals surface area contributed by atoms with E-state index in [2.05, 4.69) is 12.1 Å². The van der Waals surface area contributed by atoms with Crippen LogP contribution in [0.25, 0.3) is 6.08 Å². The van der Waals surface area contributed by atoms with Gasteiger partial charge in [-0.1, -0.05) is 53.5 Å². The normalized spacial score (nSPS) is 33.5. The molecule has 2 atom stereocenters. The summed E-state index contributed by atoms with van der Waals surface area (Å²) in [4.78, 5) is 13.4. The van der Waals surface area contributed by atoms with Gasteiger partial charge in [0.2, 0.25) is 0 Å². The Morgan fingerprint density at radius 3 is 2.04 bits per heavy atom. The van der Waals surface area contributed by atoms with Gasteiger partial charge in [-0.3, -0.25) is 4.79 Å². The number of hydrogen-bond donors (Lipinski definition) is 0. The van der Waals surface area contributed by atoms with E-state index in [-0.39, 0.29) is 10.8 Å². The molecule has 0 amide bonds. The number of hydrogen-bond acceptors (Lipinski definition) is 1. The molecule has 4 bridgehead atoms. The van der Waals surface area contributed by atoms with Crippen LogP contribution in [0.3, 0.4) is 0 Å². The van der Waals surface area contributed by atoms with E-state index in [9.17, 15) is 4.79 Å². The minimum atomic E-state index is -0.188. The molecule has 4 saturated carbocycles. The van der Waals surface area contributed by atoms with Crippen LogP contribution in [0.5, 0.6) is 0 Å². The SMILES string of the molecule is O=C(C=Cc1ccc(Cl)cc1)C12CC3CC(C1)CC(c1ccc(Cl)cc1)(C3)C2. The molecule has 4 aliphatic carbocycles. The Bertz CT molecular complexity index is 912. The van der Waals surface area contributed by atoms with Crippen LogP contribution in [0, 0.1) is 17.3 Å². The lowest BCUT2D eigenvalue weighted by molar-refractivity contribution is -0.141. The highest BCUT2D eigenvalue weighted by Gasteiger charge is 2.60.